The lowest BCUT2D eigenvalue weighted by Crippen LogP contribution is -2.10. The number of benzene rings is 1. The molecule has 6 N–H and O–H groups in total. The maximum absolute atomic E-state index is 11.7. The average molecular weight is 321 g/mol. The SMILES string of the molecule is Nc1cc(Br)cc(-c2nc3nc(N)[nH]c(=O)c3[nH]2)c1. The van der Waals surface area contributed by atoms with Gasteiger partial charge in [-0.05, 0) is 18.2 Å². The Labute approximate surface area is 115 Å². The van der Waals surface area contributed by atoms with Crippen molar-refractivity contribution in [3.63, 3.8) is 0 Å². The van der Waals surface area contributed by atoms with Crippen LogP contribution in [0.3, 0.4) is 0 Å². The fourth-order valence-electron chi connectivity index (χ4n) is 1.81. The van der Waals surface area contributed by atoms with Crippen molar-refractivity contribution in [1.29, 1.82) is 0 Å². The van der Waals surface area contributed by atoms with Crippen molar-refractivity contribution in [2.45, 2.75) is 0 Å². The molecule has 1 aromatic carbocycles. The Morgan fingerprint density at radius 2 is 1.89 bits per heavy atom. The van der Waals surface area contributed by atoms with Crippen LogP contribution >= 0.6 is 15.9 Å². The van der Waals surface area contributed by atoms with Crippen molar-refractivity contribution < 1.29 is 0 Å². The summed E-state index contributed by atoms with van der Waals surface area (Å²) in [6.45, 7) is 0. The second-order valence-electron chi connectivity index (χ2n) is 4.01. The number of nitrogen functional groups attached to an aromatic ring is 2. The van der Waals surface area contributed by atoms with E-state index in [2.05, 4.69) is 35.9 Å². The van der Waals surface area contributed by atoms with Gasteiger partial charge in [0.25, 0.3) is 5.56 Å². The van der Waals surface area contributed by atoms with Gasteiger partial charge in [0, 0.05) is 15.7 Å². The minimum absolute atomic E-state index is 0.0318. The van der Waals surface area contributed by atoms with Crippen LogP contribution in [0.2, 0.25) is 0 Å². The number of nitrogens with two attached hydrogens (primary N) is 2. The molecule has 3 rings (SSSR count). The Kier molecular flexibility index (Phi) is 2.53. The van der Waals surface area contributed by atoms with Crippen LogP contribution in [0, 0.1) is 0 Å². The lowest BCUT2D eigenvalue weighted by molar-refractivity contribution is 1.17. The summed E-state index contributed by atoms with van der Waals surface area (Å²) in [6.07, 6.45) is 0. The highest BCUT2D eigenvalue weighted by atomic mass is 79.9. The molecular formula is C11H9BrN6O. The van der Waals surface area contributed by atoms with E-state index in [9.17, 15) is 4.79 Å². The molecule has 7 nitrogen and oxygen atoms in total. The normalized spacial score (nSPS) is 11.0. The van der Waals surface area contributed by atoms with Crippen molar-refractivity contribution >= 4 is 38.7 Å². The highest BCUT2D eigenvalue weighted by molar-refractivity contribution is 9.10. The largest absolute Gasteiger partial charge is 0.399 e. The van der Waals surface area contributed by atoms with Crippen LogP contribution in [0.5, 0.6) is 0 Å². The number of imidazole rings is 1. The number of H-pyrrole nitrogens is 2. The van der Waals surface area contributed by atoms with E-state index in [0.29, 0.717) is 11.5 Å². The predicted octanol–water partition coefficient (Wildman–Crippen LogP) is 1.24. The first-order valence-electron chi connectivity index (χ1n) is 5.35. The summed E-state index contributed by atoms with van der Waals surface area (Å²) < 4.78 is 0.823. The zero-order valence-corrected chi connectivity index (χ0v) is 11.2. The molecule has 0 aliphatic carbocycles. The minimum Gasteiger partial charge on any atom is -0.399 e. The van der Waals surface area contributed by atoms with Crippen LogP contribution in [0.25, 0.3) is 22.6 Å². The second kappa shape index (κ2) is 4.09. The predicted molar refractivity (Wildman–Crippen MR) is 76.5 cm³/mol. The van der Waals surface area contributed by atoms with Gasteiger partial charge in [0.05, 0.1) is 0 Å². The number of rotatable bonds is 1. The molecule has 2 heterocycles. The van der Waals surface area contributed by atoms with Gasteiger partial charge in [-0.2, -0.15) is 4.98 Å². The number of aromatic nitrogens is 4. The minimum atomic E-state index is -0.357. The third-order valence-corrected chi connectivity index (χ3v) is 3.03. The van der Waals surface area contributed by atoms with Gasteiger partial charge in [-0.1, -0.05) is 15.9 Å². The van der Waals surface area contributed by atoms with Gasteiger partial charge in [0.15, 0.2) is 11.2 Å². The Bertz CT molecular complexity index is 817. The topological polar surface area (TPSA) is 126 Å². The van der Waals surface area contributed by atoms with Crippen LogP contribution in [0.4, 0.5) is 11.6 Å². The summed E-state index contributed by atoms with van der Waals surface area (Å²) in [5.41, 5.74) is 12.8. The summed E-state index contributed by atoms with van der Waals surface area (Å²) in [7, 11) is 0. The highest BCUT2D eigenvalue weighted by Crippen LogP contribution is 2.25. The molecular weight excluding hydrogens is 312 g/mol. The quantitative estimate of drug-likeness (QED) is 0.502. The van der Waals surface area contributed by atoms with Crippen molar-refractivity contribution in [2.24, 2.45) is 0 Å². The molecule has 0 aliphatic rings. The molecule has 0 saturated carbocycles. The van der Waals surface area contributed by atoms with Crippen LogP contribution < -0.4 is 17.0 Å². The van der Waals surface area contributed by atoms with E-state index >= 15 is 0 Å². The number of hydrogen-bond donors (Lipinski definition) is 4. The molecule has 0 saturated heterocycles. The average Bonchev–Trinajstić information content (AvgIpc) is 2.71. The molecule has 2 aromatic heterocycles. The number of hydrogen-bond acceptors (Lipinski definition) is 5. The summed E-state index contributed by atoms with van der Waals surface area (Å²) in [6, 6.07) is 5.36. The van der Waals surface area contributed by atoms with Crippen molar-refractivity contribution in [3.05, 3.63) is 33.0 Å². The van der Waals surface area contributed by atoms with E-state index in [4.69, 9.17) is 11.5 Å². The molecule has 0 fully saturated rings. The van der Waals surface area contributed by atoms with E-state index in [-0.39, 0.29) is 22.7 Å². The first-order chi connectivity index (χ1) is 9.02. The van der Waals surface area contributed by atoms with Crippen LogP contribution in [-0.4, -0.2) is 19.9 Å². The fourth-order valence-corrected chi connectivity index (χ4v) is 2.32. The zero-order chi connectivity index (χ0) is 13.6. The van der Waals surface area contributed by atoms with Crippen LogP contribution in [-0.2, 0) is 0 Å². The van der Waals surface area contributed by atoms with Crippen molar-refractivity contribution in [1.82, 2.24) is 19.9 Å². The molecule has 3 aromatic rings. The Morgan fingerprint density at radius 1 is 1.11 bits per heavy atom. The lowest BCUT2D eigenvalue weighted by Gasteiger charge is -2.00. The number of nitrogens with one attached hydrogen (secondary N) is 2. The standard InChI is InChI=1S/C11H9BrN6O/c12-5-1-4(2-6(13)3-5)8-15-7-9(16-8)17-11(14)18-10(7)19/h1-3H,13H2,(H4,14,15,16,17,18,19). The van der Waals surface area contributed by atoms with Gasteiger partial charge in [-0.25, -0.2) is 4.98 Å². The lowest BCUT2D eigenvalue weighted by atomic mass is 10.2. The van der Waals surface area contributed by atoms with Gasteiger partial charge in [0.2, 0.25) is 5.95 Å². The monoisotopic (exact) mass is 320 g/mol. The summed E-state index contributed by atoms with van der Waals surface area (Å²) >= 11 is 3.35. The van der Waals surface area contributed by atoms with E-state index < -0.39 is 0 Å². The molecule has 0 atom stereocenters. The summed E-state index contributed by atoms with van der Waals surface area (Å²) in [5, 5.41) is 0. The van der Waals surface area contributed by atoms with Crippen molar-refractivity contribution in [2.75, 3.05) is 11.5 Å². The van der Waals surface area contributed by atoms with Gasteiger partial charge in [0.1, 0.15) is 5.82 Å². The maximum Gasteiger partial charge on any atom is 0.278 e. The van der Waals surface area contributed by atoms with E-state index in [1.165, 1.54) is 0 Å². The Balaban J connectivity index is 2.26. The number of fused-ring (bicyclic) bond motifs is 1. The molecule has 0 bridgehead atoms. The number of nitrogens with zero attached hydrogens (tertiary/aromatic N) is 2. The van der Waals surface area contributed by atoms with E-state index in [0.717, 1.165) is 10.0 Å². The van der Waals surface area contributed by atoms with Gasteiger partial charge in [-0.15, -0.1) is 0 Å². The molecule has 0 unspecified atom stereocenters. The zero-order valence-electron chi connectivity index (χ0n) is 9.57. The fraction of sp³-hybridized carbons (Fsp3) is 0. The van der Waals surface area contributed by atoms with E-state index in [1.807, 2.05) is 6.07 Å². The molecule has 19 heavy (non-hydrogen) atoms. The third kappa shape index (κ3) is 2.06. The maximum atomic E-state index is 11.7. The van der Waals surface area contributed by atoms with Crippen LogP contribution in [0.15, 0.2) is 27.5 Å². The number of anilines is 2. The molecule has 0 spiro atoms. The van der Waals surface area contributed by atoms with E-state index in [1.54, 1.807) is 12.1 Å². The number of halogens is 1. The molecule has 0 amide bonds. The number of aromatic amines is 2. The first kappa shape index (κ1) is 11.7. The highest BCUT2D eigenvalue weighted by Gasteiger charge is 2.11. The third-order valence-electron chi connectivity index (χ3n) is 2.57. The molecule has 96 valence electrons. The van der Waals surface area contributed by atoms with Gasteiger partial charge < -0.3 is 16.5 Å². The molecule has 8 heteroatoms. The molecule has 0 radical (unpaired) electrons. The molecule has 0 aliphatic heterocycles. The Morgan fingerprint density at radius 3 is 2.63 bits per heavy atom. The summed E-state index contributed by atoms with van der Waals surface area (Å²) in [5.74, 6) is 0.538. The van der Waals surface area contributed by atoms with Crippen LogP contribution in [0.1, 0.15) is 0 Å². The van der Waals surface area contributed by atoms with Crippen molar-refractivity contribution in [3.8, 4) is 11.4 Å². The smallest absolute Gasteiger partial charge is 0.278 e. The summed E-state index contributed by atoms with van der Waals surface area (Å²) in [4.78, 5) is 25.2. The van der Waals surface area contributed by atoms with Gasteiger partial charge in [-0.3, -0.25) is 9.78 Å². The Hall–Kier alpha value is -2.35. The first-order valence-corrected chi connectivity index (χ1v) is 6.14. The van der Waals surface area contributed by atoms with Gasteiger partial charge >= 0.3 is 0 Å². The second-order valence-corrected chi connectivity index (χ2v) is 4.92.